The maximum Gasteiger partial charge on any atom is 0.250 e. The fourth-order valence-corrected chi connectivity index (χ4v) is 3.95. The smallest absolute Gasteiger partial charge is 0.250 e. The van der Waals surface area contributed by atoms with Gasteiger partial charge in [0, 0.05) is 50.5 Å². The summed E-state index contributed by atoms with van der Waals surface area (Å²) in [6, 6.07) is 20.7. The third kappa shape index (κ3) is 6.20. The van der Waals surface area contributed by atoms with E-state index in [-0.39, 0.29) is 11.3 Å². The van der Waals surface area contributed by atoms with Crippen molar-refractivity contribution in [1.82, 2.24) is 14.5 Å². The van der Waals surface area contributed by atoms with E-state index in [2.05, 4.69) is 16.0 Å². The van der Waals surface area contributed by atoms with Crippen LogP contribution in [0.15, 0.2) is 83.9 Å². The number of phenolic OH excluding ortho intramolecular Hbond substituents is 1. The largest absolute Gasteiger partial charge is 0.508 e. The Balaban J connectivity index is 1.35. The van der Waals surface area contributed by atoms with Gasteiger partial charge in [0.2, 0.25) is 0 Å². The molecule has 0 radical (unpaired) electrons. The van der Waals surface area contributed by atoms with E-state index in [1.807, 2.05) is 54.7 Å². The van der Waals surface area contributed by atoms with Crippen LogP contribution in [0.1, 0.15) is 17.5 Å². The molecule has 0 saturated carbocycles. The molecule has 0 amide bonds. The van der Waals surface area contributed by atoms with Crippen molar-refractivity contribution < 1.29 is 9.84 Å². The zero-order chi connectivity index (χ0) is 23.0. The average Bonchev–Trinajstić information content (AvgIpc) is 2.83. The van der Waals surface area contributed by atoms with Crippen molar-refractivity contribution in [3.63, 3.8) is 0 Å². The van der Waals surface area contributed by atoms with Crippen molar-refractivity contribution in [3.8, 4) is 11.5 Å². The predicted molar refractivity (Wildman–Crippen MR) is 131 cm³/mol. The van der Waals surface area contributed by atoms with Crippen molar-refractivity contribution >= 4 is 10.9 Å². The van der Waals surface area contributed by atoms with Gasteiger partial charge < -0.3 is 14.4 Å². The summed E-state index contributed by atoms with van der Waals surface area (Å²) >= 11 is 0. The topological polar surface area (TPSA) is 67.6 Å². The van der Waals surface area contributed by atoms with Crippen molar-refractivity contribution in [2.75, 3.05) is 19.7 Å². The molecule has 6 nitrogen and oxygen atoms in total. The van der Waals surface area contributed by atoms with E-state index in [1.54, 1.807) is 29.9 Å². The number of ether oxygens (including phenoxy) is 1. The zero-order valence-corrected chi connectivity index (χ0v) is 18.9. The van der Waals surface area contributed by atoms with Crippen LogP contribution in [-0.4, -0.2) is 39.3 Å². The molecule has 6 heteroatoms. The second-order valence-corrected chi connectivity index (χ2v) is 8.21. The van der Waals surface area contributed by atoms with Gasteiger partial charge in [-0.3, -0.25) is 14.7 Å². The molecule has 0 aliphatic carbocycles. The summed E-state index contributed by atoms with van der Waals surface area (Å²) in [5.74, 6) is 1.09. The highest BCUT2D eigenvalue weighted by Crippen LogP contribution is 2.20. The van der Waals surface area contributed by atoms with Gasteiger partial charge in [-0.1, -0.05) is 18.2 Å². The summed E-state index contributed by atoms with van der Waals surface area (Å²) < 4.78 is 7.64. The molecule has 0 aliphatic rings. The Morgan fingerprint density at radius 2 is 1.88 bits per heavy atom. The van der Waals surface area contributed by atoms with Crippen LogP contribution in [0.5, 0.6) is 11.5 Å². The number of aryl methyl sites for hydroxylation is 1. The summed E-state index contributed by atoms with van der Waals surface area (Å²) in [6.07, 6.45) is 5.48. The van der Waals surface area contributed by atoms with Crippen LogP contribution in [0.3, 0.4) is 0 Å². The molecule has 0 spiro atoms. The molecule has 2 aromatic carbocycles. The lowest BCUT2D eigenvalue weighted by Crippen LogP contribution is -2.28. The molecule has 4 rings (SSSR count). The molecule has 170 valence electrons. The number of fused-ring (bicyclic) bond motifs is 1. The van der Waals surface area contributed by atoms with Crippen LogP contribution >= 0.6 is 0 Å². The first-order valence-electron chi connectivity index (χ1n) is 11.2. The van der Waals surface area contributed by atoms with Gasteiger partial charge in [0.05, 0.1) is 12.1 Å². The first-order chi connectivity index (χ1) is 16.1. The number of benzene rings is 2. The Kier molecular flexibility index (Phi) is 7.37. The maximum atomic E-state index is 11.8. The molecular formula is C27H29N3O3. The highest BCUT2D eigenvalue weighted by molar-refractivity contribution is 5.80. The number of pyridine rings is 2. The monoisotopic (exact) mass is 443 g/mol. The number of aromatic nitrogens is 2. The summed E-state index contributed by atoms with van der Waals surface area (Å²) in [5.41, 5.74) is 3.17. The standard InChI is InChI=1S/C27H29N3O3/c1-29-26-10-9-25(18-23(26)8-11-27(29)32)33-16-4-14-30(15-12-21-6-3-13-28-19-21)20-22-5-2-7-24(31)17-22/h2-3,5-11,13,17-19,31H,4,12,14-16,20H2,1H3. The second kappa shape index (κ2) is 10.8. The molecule has 0 bridgehead atoms. The van der Waals surface area contributed by atoms with Crippen molar-refractivity contribution in [3.05, 3.63) is 101 Å². The first-order valence-corrected chi connectivity index (χ1v) is 11.2. The van der Waals surface area contributed by atoms with Crippen molar-refractivity contribution in [2.24, 2.45) is 7.05 Å². The molecule has 33 heavy (non-hydrogen) atoms. The van der Waals surface area contributed by atoms with Gasteiger partial charge in [-0.05, 0) is 66.4 Å². The third-order valence-electron chi connectivity index (χ3n) is 5.74. The van der Waals surface area contributed by atoms with Crippen LogP contribution in [-0.2, 0) is 20.0 Å². The SMILES string of the molecule is Cn1c(=O)ccc2cc(OCCCN(CCc3cccnc3)Cc3cccc(O)c3)ccc21. The predicted octanol–water partition coefficient (Wildman–Crippen LogP) is 4.15. The molecule has 0 unspecified atom stereocenters. The quantitative estimate of drug-likeness (QED) is 0.373. The number of hydrogen-bond donors (Lipinski definition) is 1. The van der Waals surface area contributed by atoms with E-state index < -0.39 is 0 Å². The number of rotatable bonds is 10. The van der Waals surface area contributed by atoms with E-state index in [1.165, 1.54) is 5.56 Å². The van der Waals surface area contributed by atoms with Gasteiger partial charge in [-0.2, -0.15) is 0 Å². The third-order valence-corrected chi connectivity index (χ3v) is 5.74. The van der Waals surface area contributed by atoms with E-state index >= 15 is 0 Å². The lowest BCUT2D eigenvalue weighted by Gasteiger charge is -2.22. The Labute approximate surface area is 193 Å². The minimum atomic E-state index is -0.0192. The zero-order valence-electron chi connectivity index (χ0n) is 18.9. The van der Waals surface area contributed by atoms with Crippen molar-refractivity contribution in [2.45, 2.75) is 19.4 Å². The number of phenols is 1. The van der Waals surface area contributed by atoms with Gasteiger partial charge in [-0.15, -0.1) is 0 Å². The second-order valence-electron chi connectivity index (χ2n) is 8.21. The van der Waals surface area contributed by atoms with Gasteiger partial charge in [0.25, 0.3) is 5.56 Å². The first kappa shape index (κ1) is 22.6. The van der Waals surface area contributed by atoms with E-state index in [4.69, 9.17) is 4.74 Å². The highest BCUT2D eigenvalue weighted by atomic mass is 16.5. The van der Waals surface area contributed by atoms with Crippen LogP contribution in [0, 0.1) is 0 Å². The van der Waals surface area contributed by atoms with E-state index in [0.29, 0.717) is 6.61 Å². The Morgan fingerprint density at radius 1 is 1.00 bits per heavy atom. The summed E-state index contributed by atoms with van der Waals surface area (Å²) in [7, 11) is 1.78. The highest BCUT2D eigenvalue weighted by Gasteiger charge is 2.08. The molecule has 0 saturated heterocycles. The van der Waals surface area contributed by atoms with Crippen LogP contribution in [0.4, 0.5) is 0 Å². The molecular weight excluding hydrogens is 414 g/mol. The molecule has 1 N–H and O–H groups in total. The Bertz CT molecular complexity index is 1250. The number of nitrogens with zero attached hydrogens (tertiary/aromatic N) is 3. The lowest BCUT2D eigenvalue weighted by atomic mass is 10.1. The van der Waals surface area contributed by atoms with Gasteiger partial charge in [0.15, 0.2) is 0 Å². The normalized spacial score (nSPS) is 11.2. The molecule has 0 aliphatic heterocycles. The minimum absolute atomic E-state index is 0.0192. The summed E-state index contributed by atoms with van der Waals surface area (Å²) in [5, 5.41) is 10.8. The van der Waals surface area contributed by atoms with Crippen LogP contribution in [0.25, 0.3) is 10.9 Å². The molecule has 0 atom stereocenters. The van der Waals surface area contributed by atoms with Crippen LogP contribution in [0.2, 0.25) is 0 Å². The Hall–Kier alpha value is -3.64. The minimum Gasteiger partial charge on any atom is -0.508 e. The van der Waals surface area contributed by atoms with Gasteiger partial charge in [0.1, 0.15) is 11.5 Å². The Morgan fingerprint density at radius 3 is 2.70 bits per heavy atom. The van der Waals surface area contributed by atoms with Gasteiger partial charge in [-0.25, -0.2) is 0 Å². The van der Waals surface area contributed by atoms with Gasteiger partial charge >= 0.3 is 0 Å². The van der Waals surface area contributed by atoms with Crippen LogP contribution < -0.4 is 10.3 Å². The molecule has 2 heterocycles. The number of aromatic hydroxyl groups is 1. The number of hydrogen-bond acceptors (Lipinski definition) is 5. The summed E-state index contributed by atoms with van der Waals surface area (Å²) in [4.78, 5) is 18.4. The fraction of sp³-hybridized carbons (Fsp3) is 0.259. The van der Waals surface area contributed by atoms with Crippen molar-refractivity contribution in [1.29, 1.82) is 0 Å². The van der Waals surface area contributed by atoms with E-state index in [9.17, 15) is 9.90 Å². The molecule has 0 fully saturated rings. The average molecular weight is 444 g/mol. The fourth-order valence-electron chi connectivity index (χ4n) is 3.95. The maximum absolute atomic E-state index is 11.8. The molecule has 2 aromatic heterocycles. The van der Waals surface area contributed by atoms with E-state index in [0.717, 1.165) is 54.7 Å². The summed E-state index contributed by atoms with van der Waals surface area (Å²) in [6.45, 7) is 3.13. The lowest BCUT2D eigenvalue weighted by molar-refractivity contribution is 0.229. The molecule has 4 aromatic rings.